The van der Waals surface area contributed by atoms with Crippen LogP contribution in [0.1, 0.15) is 12.0 Å². The van der Waals surface area contributed by atoms with Crippen LogP contribution in [0.5, 0.6) is 0 Å². The van der Waals surface area contributed by atoms with Crippen molar-refractivity contribution in [1.29, 1.82) is 0 Å². The molecule has 2 nitrogen and oxygen atoms in total. The number of hydrogen-bond acceptors (Lipinski definition) is 1. The maximum atomic E-state index is 12.7. The molecule has 20 heavy (non-hydrogen) atoms. The molecule has 0 spiro atoms. The molecule has 0 radical (unpaired) electrons. The van der Waals surface area contributed by atoms with Crippen molar-refractivity contribution < 1.29 is 9.18 Å². The van der Waals surface area contributed by atoms with Gasteiger partial charge in [0.1, 0.15) is 5.82 Å². The van der Waals surface area contributed by atoms with Crippen molar-refractivity contribution in [2.75, 3.05) is 5.32 Å². The fourth-order valence-corrected chi connectivity index (χ4v) is 2.05. The molecule has 1 N–H and O–H groups in total. The van der Waals surface area contributed by atoms with Gasteiger partial charge in [-0.3, -0.25) is 4.79 Å². The van der Waals surface area contributed by atoms with E-state index in [-0.39, 0.29) is 18.1 Å². The van der Waals surface area contributed by atoms with Gasteiger partial charge in [0.2, 0.25) is 5.91 Å². The molecule has 0 heterocycles. The normalized spacial score (nSPS) is 10.3. The summed E-state index contributed by atoms with van der Waals surface area (Å²) in [5.74, 6) is -0.456. The lowest BCUT2D eigenvalue weighted by molar-refractivity contribution is -0.116. The Labute approximate surface area is 126 Å². The first-order valence-corrected chi connectivity index (χ1v) is 6.79. The Morgan fingerprint density at radius 3 is 2.50 bits per heavy atom. The number of amides is 1. The van der Waals surface area contributed by atoms with E-state index >= 15 is 0 Å². The van der Waals surface area contributed by atoms with Crippen LogP contribution in [-0.2, 0) is 11.2 Å². The van der Waals surface area contributed by atoms with Crippen molar-refractivity contribution >= 4 is 34.8 Å². The van der Waals surface area contributed by atoms with Crippen LogP contribution in [-0.4, -0.2) is 5.91 Å². The molecule has 1 amide bonds. The first kappa shape index (κ1) is 14.8. The Balaban J connectivity index is 1.92. The molecule has 5 heteroatoms. The second-order valence-electron chi connectivity index (χ2n) is 4.30. The summed E-state index contributed by atoms with van der Waals surface area (Å²) in [5, 5.41) is 3.64. The minimum absolute atomic E-state index is 0.168. The lowest BCUT2D eigenvalue weighted by Gasteiger charge is -2.07. The van der Waals surface area contributed by atoms with Crippen molar-refractivity contribution in [3.8, 4) is 0 Å². The van der Waals surface area contributed by atoms with Gasteiger partial charge in [-0.2, -0.15) is 0 Å². The molecule has 2 aromatic rings. The molecular weight excluding hydrogens is 300 g/mol. The highest BCUT2D eigenvalue weighted by atomic mass is 35.5. The molecular formula is C15H12Cl2FNO. The average Bonchev–Trinajstić information content (AvgIpc) is 2.42. The van der Waals surface area contributed by atoms with Gasteiger partial charge in [0.05, 0.1) is 10.7 Å². The lowest BCUT2D eigenvalue weighted by atomic mass is 10.1. The fraction of sp³-hybridized carbons (Fsp3) is 0.133. The molecule has 0 atom stereocenters. The zero-order valence-electron chi connectivity index (χ0n) is 10.5. The van der Waals surface area contributed by atoms with Gasteiger partial charge >= 0.3 is 0 Å². The molecule has 0 aliphatic carbocycles. The third-order valence-corrected chi connectivity index (χ3v) is 3.32. The van der Waals surface area contributed by atoms with Crippen LogP contribution in [0.25, 0.3) is 0 Å². The van der Waals surface area contributed by atoms with Gasteiger partial charge in [0, 0.05) is 11.4 Å². The summed E-state index contributed by atoms with van der Waals surface area (Å²) in [5.41, 5.74) is 1.39. The van der Waals surface area contributed by atoms with Crippen molar-refractivity contribution in [2.24, 2.45) is 0 Å². The predicted molar refractivity (Wildman–Crippen MR) is 79.8 cm³/mol. The predicted octanol–water partition coefficient (Wildman–Crippen LogP) is 4.70. The van der Waals surface area contributed by atoms with Gasteiger partial charge in [0.25, 0.3) is 0 Å². The monoisotopic (exact) mass is 311 g/mol. The molecule has 0 fully saturated rings. The number of aryl methyl sites for hydroxylation is 1. The molecule has 0 bridgehead atoms. The van der Waals surface area contributed by atoms with E-state index in [2.05, 4.69) is 5.32 Å². The van der Waals surface area contributed by atoms with Gasteiger partial charge in [-0.25, -0.2) is 4.39 Å². The topological polar surface area (TPSA) is 29.1 Å². The van der Waals surface area contributed by atoms with Gasteiger partial charge in [-0.15, -0.1) is 0 Å². The van der Waals surface area contributed by atoms with Crippen molar-refractivity contribution in [3.05, 3.63) is 63.9 Å². The molecule has 0 saturated carbocycles. The number of anilines is 1. The number of carbonyl (C=O) groups excluding carboxylic acids is 1. The summed E-state index contributed by atoms with van der Waals surface area (Å²) in [6, 6.07) is 10.9. The van der Waals surface area contributed by atoms with E-state index in [9.17, 15) is 9.18 Å². The summed E-state index contributed by atoms with van der Waals surface area (Å²) in [7, 11) is 0. The van der Waals surface area contributed by atoms with Crippen LogP contribution in [0.15, 0.2) is 42.5 Å². The molecule has 0 aromatic heterocycles. The molecule has 0 aliphatic rings. The highest BCUT2D eigenvalue weighted by Crippen LogP contribution is 2.25. The minimum atomic E-state index is -0.288. The van der Waals surface area contributed by atoms with Crippen LogP contribution in [0.4, 0.5) is 10.1 Å². The Morgan fingerprint density at radius 1 is 1.10 bits per heavy atom. The summed E-state index contributed by atoms with van der Waals surface area (Å²) < 4.78 is 12.7. The van der Waals surface area contributed by atoms with Crippen LogP contribution < -0.4 is 5.32 Å². The quantitative estimate of drug-likeness (QED) is 0.871. The largest absolute Gasteiger partial charge is 0.325 e. The lowest BCUT2D eigenvalue weighted by Crippen LogP contribution is -2.12. The second kappa shape index (κ2) is 6.73. The summed E-state index contributed by atoms with van der Waals surface area (Å²) in [6.07, 6.45) is 0.818. The molecule has 0 aliphatic heterocycles. The molecule has 104 valence electrons. The maximum absolute atomic E-state index is 12.7. The van der Waals surface area contributed by atoms with E-state index in [1.165, 1.54) is 12.1 Å². The third kappa shape index (κ3) is 4.22. The minimum Gasteiger partial charge on any atom is -0.325 e. The van der Waals surface area contributed by atoms with E-state index in [0.717, 1.165) is 5.56 Å². The van der Waals surface area contributed by atoms with Crippen LogP contribution >= 0.6 is 23.2 Å². The third-order valence-electron chi connectivity index (χ3n) is 2.76. The first-order valence-electron chi connectivity index (χ1n) is 6.04. The van der Waals surface area contributed by atoms with E-state index in [4.69, 9.17) is 23.2 Å². The smallest absolute Gasteiger partial charge is 0.224 e. The first-order chi connectivity index (χ1) is 9.54. The van der Waals surface area contributed by atoms with Gasteiger partial charge < -0.3 is 5.32 Å². The zero-order valence-corrected chi connectivity index (χ0v) is 12.0. The Morgan fingerprint density at radius 2 is 1.80 bits per heavy atom. The fourth-order valence-electron chi connectivity index (χ4n) is 1.71. The number of halogens is 3. The van der Waals surface area contributed by atoms with Gasteiger partial charge in [-0.05, 0) is 42.3 Å². The Hall–Kier alpha value is -1.58. The van der Waals surface area contributed by atoms with Crippen molar-refractivity contribution in [1.82, 2.24) is 0 Å². The summed E-state index contributed by atoms with van der Waals surface area (Å²) in [6.45, 7) is 0. The van der Waals surface area contributed by atoms with Crippen molar-refractivity contribution in [3.63, 3.8) is 0 Å². The van der Waals surface area contributed by atoms with Gasteiger partial charge in [-0.1, -0.05) is 35.3 Å². The van der Waals surface area contributed by atoms with E-state index in [0.29, 0.717) is 22.2 Å². The zero-order chi connectivity index (χ0) is 14.5. The summed E-state index contributed by atoms with van der Waals surface area (Å²) >= 11 is 11.8. The Kier molecular flexibility index (Phi) is 4.99. The molecule has 2 aromatic carbocycles. The number of rotatable bonds is 4. The number of hydrogen-bond donors (Lipinski definition) is 1. The van der Waals surface area contributed by atoms with E-state index < -0.39 is 0 Å². The second-order valence-corrected chi connectivity index (χ2v) is 5.14. The van der Waals surface area contributed by atoms with Crippen LogP contribution in [0, 0.1) is 5.82 Å². The van der Waals surface area contributed by atoms with Crippen LogP contribution in [0.2, 0.25) is 10.0 Å². The highest BCUT2D eigenvalue weighted by Gasteiger charge is 2.07. The number of nitrogens with one attached hydrogen (secondary N) is 1. The molecule has 0 unspecified atom stereocenters. The van der Waals surface area contributed by atoms with E-state index in [1.807, 2.05) is 0 Å². The summed E-state index contributed by atoms with van der Waals surface area (Å²) in [4.78, 5) is 11.8. The number of carbonyl (C=O) groups is 1. The SMILES string of the molecule is O=C(CCc1ccc(F)cc1)Nc1cc(Cl)ccc1Cl. The number of benzene rings is 2. The van der Waals surface area contributed by atoms with Crippen molar-refractivity contribution in [2.45, 2.75) is 12.8 Å². The van der Waals surface area contributed by atoms with E-state index in [1.54, 1.807) is 30.3 Å². The highest BCUT2D eigenvalue weighted by molar-refractivity contribution is 6.35. The standard InChI is InChI=1S/C15H12Cl2FNO/c16-11-4-7-13(17)14(9-11)19-15(20)8-3-10-1-5-12(18)6-2-10/h1-2,4-7,9H,3,8H2,(H,19,20). The molecule has 0 saturated heterocycles. The average molecular weight is 312 g/mol. The maximum Gasteiger partial charge on any atom is 0.224 e. The Bertz CT molecular complexity index is 614. The van der Waals surface area contributed by atoms with Crippen LogP contribution in [0.3, 0.4) is 0 Å². The molecule has 2 rings (SSSR count). The van der Waals surface area contributed by atoms with Gasteiger partial charge in [0.15, 0.2) is 0 Å².